The maximum Gasteiger partial charge on any atom is 0.263 e. The predicted molar refractivity (Wildman–Crippen MR) is 91.0 cm³/mol. The molecule has 0 spiro atoms. The van der Waals surface area contributed by atoms with Crippen LogP contribution in [0.5, 0.6) is 0 Å². The molecule has 136 valence electrons. The number of ether oxygens (including phenoxy) is 1. The van der Waals surface area contributed by atoms with Crippen molar-refractivity contribution in [2.45, 2.75) is 24.3 Å². The first-order chi connectivity index (χ1) is 11.8. The van der Waals surface area contributed by atoms with Gasteiger partial charge in [-0.3, -0.25) is 4.72 Å². The molecular weight excluding hydrogens is 352 g/mol. The molecule has 0 saturated heterocycles. The standard InChI is InChI=1S/C16H19F2N3O3S/c1-11(7-8-24-2)20-16-6-4-13(10-19-16)25(22,23)21-12-3-5-14(17)15(18)9-12/h3-6,9-11,21H,7-8H2,1-2H3,(H,19,20). The summed E-state index contributed by atoms with van der Waals surface area (Å²) in [5, 5.41) is 3.12. The number of nitrogens with one attached hydrogen (secondary N) is 2. The van der Waals surface area contributed by atoms with Crippen molar-refractivity contribution in [3.05, 3.63) is 48.2 Å². The third-order valence-corrected chi connectivity index (χ3v) is 4.73. The Kier molecular flexibility index (Phi) is 6.27. The predicted octanol–water partition coefficient (Wildman–Crippen LogP) is 3.00. The molecule has 6 nitrogen and oxygen atoms in total. The molecule has 25 heavy (non-hydrogen) atoms. The van der Waals surface area contributed by atoms with E-state index >= 15 is 0 Å². The highest BCUT2D eigenvalue weighted by molar-refractivity contribution is 7.92. The van der Waals surface area contributed by atoms with Crippen molar-refractivity contribution in [3.63, 3.8) is 0 Å². The summed E-state index contributed by atoms with van der Waals surface area (Å²) in [5.74, 6) is -1.67. The smallest absolute Gasteiger partial charge is 0.263 e. The van der Waals surface area contributed by atoms with Gasteiger partial charge in [-0.1, -0.05) is 0 Å². The highest BCUT2D eigenvalue weighted by Crippen LogP contribution is 2.19. The van der Waals surface area contributed by atoms with Gasteiger partial charge in [-0.25, -0.2) is 22.2 Å². The minimum absolute atomic E-state index is 0.0747. The van der Waals surface area contributed by atoms with E-state index in [1.54, 1.807) is 7.11 Å². The number of anilines is 2. The first kappa shape index (κ1) is 19.1. The number of hydrogen-bond acceptors (Lipinski definition) is 5. The van der Waals surface area contributed by atoms with E-state index < -0.39 is 21.7 Å². The number of rotatable bonds is 8. The van der Waals surface area contributed by atoms with Crippen LogP contribution in [-0.2, 0) is 14.8 Å². The fourth-order valence-electron chi connectivity index (χ4n) is 2.02. The van der Waals surface area contributed by atoms with E-state index in [4.69, 9.17) is 4.74 Å². The molecule has 1 aromatic carbocycles. The van der Waals surface area contributed by atoms with Crippen molar-refractivity contribution >= 4 is 21.5 Å². The molecule has 9 heteroatoms. The van der Waals surface area contributed by atoms with Gasteiger partial charge in [0, 0.05) is 32.0 Å². The number of aromatic nitrogens is 1. The van der Waals surface area contributed by atoms with Crippen LogP contribution in [0.15, 0.2) is 41.4 Å². The Morgan fingerprint density at radius 3 is 2.56 bits per heavy atom. The van der Waals surface area contributed by atoms with Gasteiger partial charge >= 0.3 is 0 Å². The van der Waals surface area contributed by atoms with E-state index in [0.717, 1.165) is 24.6 Å². The van der Waals surface area contributed by atoms with Crippen molar-refractivity contribution in [2.75, 3.05) is 23.8 Å². The summed E-state index contributed by atoms with van der Waals surface area (Å²) in [6.45, 7) is 2.55. The number of pyridine rings is 1. The second-order valence-electron chi connectivity index (χ2n) is 5.44. The lowest BCUT2D eigenvalue weighted by atomic mass is 10.2. The molecule has 1 atom stereocenters. The van der Waals surface area contributed by atoms with Crippen LogP contribution >= 0.6 is 0 Å². The molecule has 0 radical (unpaired) electrons. The van der Waals surface area contributed by atoms with Crippen molar-refractivity contribution in [2.24, 2.45) is 0 Å². The van der Waals surface area contributed by atoms with Gasteiger partial charge in [-0.05, 0) is 37.6 Å². The zero-order chi connectivity index (χ0) is 18.4. The summed E-state index contributed by atoms with van der Waals surface area (Å²) in [5.41, 5.74) is -0.0747. The van der Waals surface area contributed by atoms with Crippen LogP contribution in [0.2, 0.25) is 0 Å². The van der Waals surface area contributed by atoms with E-state index in [9.17, 15) is 17.2 Å². The molecule has 2 rings (SSSR count). The second kappa shape index (κ2) is 8.21. The maximum atomic E-state index is 13.2. The Hall–Kier alpha value is -2.26. The Morgan fingerprint density at radius 2 is 1.96 bits per heavy atom. The molecule has 0 amide bonds. The molecule has 0 fully saturated rings. The molecule has 2 N–H and O–H groups in total. The van der Waals surface area contributed by atoms with Crippen LogP contribution in [0.25, 0.3) is 0 Å². The average Bonchev–Trinajstić information content (AvgIpc) is 2.56. The molecule has 0 aliphatic rings. The molecule has 1 aromatic heterocycles. The van der Waals surface area contributed by atoms with Gasteiger partial charge in [0.1, 0.15) is 10.7 Å². The highest BCUT2D eigenvalue weighted by atomic mass is 32.2. The molecule has 0 aliphatic heterocycles. The first-order valence-corrected chi connectivity index (χ1v) is 8.99. The third kappa shape index (κ3) is 5.36. The molecule has 0 bridgehead atoms. The fourth-order valence-corrected chi connectivity index (χ4v) is 3.01. The van der Waals surface area contributed by atoms with Gasteiger partial charge in [-0.2, -0.15) is 0 Å². The van der Waals surface area contributed by atoms with Crippen LogP contribution in [0.4, 0.5) is 20.3 Å². The third-order valence-electron chi connectivity index (χ3n) is 3.37. The van der Waals surface area contributed by atoms with Crippen molar-refractivity contribution in [1.29, 1.82) is 0 Å². The Morgan fingerprint density at radius 1 is 1.20 bits per heavy atom. The van der Waals surface area contributed by atoms with E-state index in [-0.39, 0.29) is 16.6 Å². The largest absolute Gasteiger partial charge is 0.385 e. The fraction of sp³-hybridized carbons (Fsp3) is 0.312. The molecule has 1 unspecified atom stereocenters. The molecule has 0 saturated carbocycles. The zero-order valence-electron chi connectivity index (χ0n) is 13.8. The van der Waals surface area contributed by atoms with Gasteiger partial charge in [0.05, 0.1) is 5.69 Å². The molecule has 1 heterocycles. The van der Waals surface area contributed by atoms with E-state index in [1.165, 1.54) is 18.3 Å². The topological polar surface area (TPSA) is 80.3 Å². The molecule has 2 aromatic rings. The van der Waals surface area contributed by atoms with Crippen molar-refractivity contribution < 1.29 is 21.9 Å². The number of hydrogen-bond donors (Lipinski definition) is 2. The van der Waals surface area contributed by atoms with E-state index in [2.05, 4.69) is 15.0 Å². The Balaban J connectivity index is 2.07. The zero-order valence-corrected chi connectivity index (χ0v) is 14.6. The minimum atomic E-state index is -3.95. The highest BCUT2D eigenvalue weighted by Gasteiger charge is 2.16. The first-order valence-electron chi connectivity index (χ1n) is 7.51. The summed E-state index contributed by atoms with van der Waals surface area (Å²) >= 11 is 0. The normalized spacial score (nSPS) is 12.6. The van der Waals surface area contributed by atoms with Crippen LogP contribution in [0.3, 0.4) is 0 Å². The van der Waals surface area contributed by atoms with Gasteiger partial charge < -0.3 is 10.1 Å². The van der Waals surface area contributed by atoms with E-state index in [1.807, 2.05) is 6.92 Å². The molecule has 0 aliphatic carbocycles. The van der Waals surface area contributed by atoms with E-state index in [0.29, 0.717) is 12.4 Å². The van der Waals surface area contributed by atoms with Crippen molar-refractivity contribution in [3.8, 4) is 0 Å². The summed E-state index contributed by atoms with van der Waals surface area (Å²) < 4.78 is 57.8. The number of benzene rings is 1. The van der Waals surface area contributed by atoms with Gasteiger partial charge in [0.2, 0.25) is 0 Å². The summed E-state index contributed by atoms with van der Waals surface area (Å²) in [6, 6.07) is 5.77. The Labute approximate surface area is 145 Å². The number of halogens is 2. The summed E-state index contributed by atoms with van der Waals surface area (Å²) in [7, 11) is -2.34. The SMILES string of the molecule is COCCC(C)Nc1ccc(S(=O)(=O)Nc2ccc(F)c(F)c2)cn1. The minimum Gasteiger partial charge on any atom is -0.385 e. The Bertz CT molecular complexity index is 814. The second-order valence-corrected chi connectivity index (χ2v) is 7.12. The lowest BCUT2D eigenvalue weighted by molar-refractivity contribution is 0.191. The van der Waals surface area contributed by atoms with Crippen LogP contribution in [0.1, 0.15) is 13.3 Å². The lowest BCUT2D eigenvalue weighted by Gasteiger charge is -2.14. The molecular formula is C16H19F2N3O3S. The van der Waals surface area contributed by atoms with Gasteiger partial charge in [0.15, 0.2) is 11.6 Å². The summed E-state index contributed by atoms with van der Waals surface area (Å²) in [6.07, 6.45) is 1.96. The number of methoxy groups -OCH3 is 1. The number of nitrogens with zero attached hydrogens (tertiary/aromatic N) is 1. The quantitative estimate of drug-likeness (QED) is 0.746. The maximum absolute atomic E-state index is 13.2. The van der Waals surface area contributed by atoms with Gasteiger partial charge in [0.25, 0.3) is 10.0 Å². The van der Waals surface area contributed by atoms with Crippen molar-refractivity contribution in [1.82, 2.24) is 4.98 Å². The van der Waals surface area contributed by atoms with Crippen LogP contribution in [-0.4, -0.2) is 33.2 Å². The average molecular weight is 371 g/mol. The summed E-state index contributed by atoms with van der Waals surface area (Å²) in [4.78, 5) is 3.97. The van der Waals surface area contributed by atoms with Crippen LogP contribution in [0, 0.1) is 11.6 Å². The number of sulfonamides is 1. The monoisotopic (exact) mass is 371 g/mol. The lowest BCUT2D eigenvalue weighted by Crippen LogP contribution is -2.18. The van der Waals surface area contributed by atoms with Crippen LogP contribution < -0.4 is 10.0 Å². The van der Waals surface area contributed by atoms with Gasteiger partial charge in [-0.15, -0.1) is 0 Å².